The summed E-state index contributed by atoms with van der Waals surface area (Å²) in [6.07, 6.45) is 4.84. The van der Waals surface area contributed by atoms with E-state index in [4.69, 9.17) is 20.9 Å². The summed E-state index contributed by atoms with van der Waals surface area (Å²) in [5.41, 5.74) is 15.9. The van der Waals surface area contributed by atoms with Crippen molar-refractivity contribution in [1.82, 2.24) is 0 Å². The lowest BCUT2D eigenvalue weighted by molar-refractivity contribution is 0.393. The number of hydrogen-bond acceptors (Lipinski definition) is 4. The van der Waals surface area contributed by atoms with Crippen molar-refractivity contribution in [3.05, 3.63) is 108 Å². The number of ether oxygens (including phenoxy) is 2. The Morgan fingerprint density at radius 1 is 0.529 bits per heavy atom. The predicted octanol–water partition coefficient (Wildman–Crippen LogP) is 7.88. The summed E-state index contributed by atoms with van der Waals surface area (Å²) in [6, 6.07) is 32.1. The minimum atomic E-state index is 0.559. The first kappa shape index (κ1) is 21.9. The molecule has 0 radical (unpaired) electrons. The van der Waals surface area contributed by atoms with Crippen LogP contribution in [-0.4, -0.2) is 0 Å². The van der Waals surface area contributed by atoms with Crippen LogP contribution in [0.3, 0.4) is 0 Å². The number of nitrogen functional groups attached to an aromatic ring is 2. The second-order valence-corrected chi connectivity index (χ2v) is 9.05. The van der Waals surface area contributed by atoms with Crippen LogP contribution in [-0.2, 0) is 0 Å². The molecule has 0 saturated heterocycles. The lowest BCUT2D eigenvalue weighted by Crippen LogP contribution is -2.13. The minimum Gasteiger partial charge on any atom is -0.457 e. The summed E-state index contributed by atoms with van der Waals surface area (Å²) in [7, 11) is 0. The van der Waals surface area contributed by atoms with Crippen molar-refractivity contribution >= 4 is 11.4 Å². The van der Waals surface area contributed by atoms with Gasteiger partial charge in [0.25, 0.3) is 0 Å². The van der Waals surface area contributed by atoms with Gasteiger partial charge in [0.15, 0.2) is 0 Å². The van der Waals surface area contributed by atoms with E-state index in [1.54, 1.807) is 0 Å². The lowest BCUT2D eigenvalue weighted by atomic mass is 9.75. The van der Waals surface area contributed by atoms with Gasteiger partial charge < -0.3 is 20.9 Å². The van der Waals surface area contributed by atoms with E-state index in [0.29, 0.717) is 23.2 Å². The maximum atomic E-state index is 5.95. The zero-order valence-corrected chi connectivity index (χ0v) is 19.2. The molecule has 0 amide bonds. The fraction of sp³-hybridized carbons (Fsp3) is 0.200. The molecular weight excluding hydrogens is 420 g/mol. The van der Waals surface area contributed by atoms with Gasteiger partial charge in [-0.05, 0) is 90.8 Å². The summed E-state index contributed by atoms with van der Waals surface area (Å²) in [4.78, 5) is 0. The van der Waals surface area contributed by atoms with Gasteiger partial charge in [-0.3, -0.25) is 0 Å². The molecule has 1 aliphatic rings. The largest absolute Gasteiger partial charge is 0.457 e. The van der Waals surface area contributed by atoms with Gasteiger partial charge in [0.2, 0.25) is 0 Å². The summed E-state index contributed by atoms with van der Waals surface area (Å²) < 4.78 is 11.9. The minimum absolute atomic E-state index is 0.559. The van der Waals surface area contributed by atoms with Gasteiger partial charge in [-0.15, -0.1) is 0 Å². The summed E-state index contributed by atoms with van der Waals surface area (Å²) >= 11 is 0. The third-order valence-corrected chi connectivity index (χ3v) is 6.56. The number of anilines is 2. The Morgan fingerprint density at radius 2 is 0.971 bits per heavy atom. The maximum absolute atomic E-state index is 5.95. The summed E-state index contributed by atoms with van der Waals surface area (Å²) in [5, 5.41) is 0. The molecule has 1 saturated carbocycles. The number of benzene rings is 4. The highest BCUT2D eigenvalue weighted by Crippen LogP contribution is 2.42. The van der Waals surface area contributed by atoms with E-state index in [1.807, 2.05) is 48.5 Å². The van der Waals surface area contributed by atoms with Crippen LogP contribution < -0.4 is 20.9 Å². The van der Waals surface area contributed by atoms with Crippen molar-refractivity contribution < 1.29 is 9.47 Å². The highest BCUT2D eigenvalue weighted by atomic mass is 16.5. The summed E-state index contributed by atoms with van der Waals surface area (Å²) in [6.45, 7) is 0. The zero-order valence-electron chi connectivity index (χ0n) is 19.2. The molecule has 4 nitrogen and oxygen atoms in total. The highest BCUT2D eigenvalue weighted by Gasteiger charge is 2.24. The third kappa shape index (κ3) is 5.34. The van der Waals surface area contributed by atoms with Crippen molar-refractivity contribution in [1.29, 1.82) is 0 Å². The van der Waals surface area contributed by atoms with Crippen molar-refractivity contribution in [2.45, 2.75) is 37.5 Å². The second kappa shape index (κ2) is 9.92. The van der Waals surface area contributed by atoms with E-state index >= 15 is 0 Å². The molecule has 0 spiro atoms. The van der Waals surface area contributed by atoms with Crippen LogP contribution in [0.25, 0.3) is 0 Å². The van der Waals surface area contributed by atoms with Crippen LogP contribution in [0.1, 0.15) is 48.6 Å². The summed E-state index contributed by atoms with van der Waals surface area (Å²) in [5.74, 6) is 4.30. The van der Waals surface area contributed by atoms with Crippen molar-refractivity contribution in [3.63, 3.8) is 0 Å². The van der Waals surface area contributed by atoms with Gasteiger partial charge >= 0.3 is 0 Å². The highest BCUT2D eigenvalue weighted by molar-refractivity contribution is 5.46. The standard InChI is InChI=1S/C30H30N2O2/c31-25-6-2-8-29(19-25)33-27-14-10-21(11-15-27)23-4-1-5-24(18-23)22-12-16-28(17-13-22)34-30-9-3-7-26(32)20-30/h2-3,6-17,19-20,23-24H,1,4-5,18,31-32H2. The van der Waals surface area contributed by atoms with E-state index < -0.39 is 0 Å². The Hall–Kier alpha value is -3.92. The fourth-order valence-corrected chi connectivity index (χ4v) is 4.84. The van der Waals surface area contributed by atoms with Crippen molar-refractivity contribution in [3.8, 4) is 23.0 Å². The van der Waals surface area contributed by atoms with Crippen LogP contribution in [0.4, 0.5) is 11.4 Å². The topological polar surface area (TPSA) is 70.5 Å². The third-order valence-electron chi connectivity index (χ3n) is 6.56. The van der Waals surface area contributed by atoms with E-state index in [2.05, 4.69) is 48.5 Å². The van der Waals surface area contributed by atoms with Gasteiger partial charge in [-0.2, -0.15) is 0 Å². The number of nitrogens with two attached hydrogens (primary N) is 2. The van der Waals surface area contributed by atoms with E-state index in [1.165, 1.54) is 30.4 Å². The quantitative estimate of drug-likeness (QED) is 0.293. The van der Waals surface area contributed by atoms with E-state index in [0.717, 1.165) is 29.4 Å². The molecule has 4 aromatic carbocycles. The molecule has 0 heterocycles. The first-order chi connectivity index (χ1) is 16.6. The number of hydrogen-bond donors (Lipinski definition) is 2. The van der Waals surface area contributed by atoms with E-state index in [9.17, 15) is 0 Å². The Labute approximate surface area is 201 Å². The van der Waals surface area contributed by atoms with Gasteiger partial charge in [0, 0.05) is 23.5 Å². The Balaban J connectivity index is 1.22. The van der Waals surface area contributed by atoms with E-state index in [-0.39, 0.29) is 0 Å². The Bertz CT molecular complexity index is 1140. The molecule has 4 heteroatoms. The molecule has 1 fully saturated rings. The first-order valence-corrected chi connectivity index (χ1v) is 11.9. The molecule has 4 N–H and O–H groups in total. The van der Waals surface area contributed by atoms with Crippen LogP contribution in [0, 0.1) is 0 Å². The normalized spacial score (nSPS) is 17.8. The van der Waals surface area contributed by atoms with Crippen LogP contribution in [0.15, 0.2) is 97.1 Å². The van der Waals surface area contributed by atoms with Gasteiger partial charge in [0.1, 0.15) is 23.0 Å². The molecule has 0 aromatic heterocycles. The monoisotopic (exact) mass is 450 g/mol. The van der Waals surface area contributed by atoms with Crippen molar-refractivity contribution in [2.75, 3.05) is 11.5 Å². The molecule has 1 aliphatic carbocycles. The van der Waals surface area contributed by atoms with Gasteiger partial charge in [-0.1, -0.05) is 42.8 Å². The van der Waals surface area contributed by atoms with Gasteiger partial charge in [-0.25, -0.2) is 0 Å². The van der Waals surface area contributed by atoms with Crippen LogP contribution >= 0.6 is 0 Å². The van der Waals surface area contributed by atoms with Crippen molar-refractivity contribution in [2.24, 2.45) is 0 Å². The first-order valence-electron chi connectivity index (χ1n) is 11.9. The molecule has 4 aromatic rings. The SMILES string of the molecule is Nc1cccc(Oc2ccc(C3CCCC(c4ccc(Oc5cccc(N)c5)cc4)C3)cc2)c1. The molecule has 172 valence electrons. The van der Waals surface area contributed by atoms with Gasteiger partial charge in [0.05, 0.1) is 0 Å². The van der Waals surface area contributed by atoms with Crippen LogP contribution in [0.5, 0.6) is 23.0 Å². The Morgan fingerprint density at radius 3 is 1.38 bits per heavy atom. The molecule has 0 aliphatic heterocycles. The molecular formula is C30H30N2O2. The zero-order chi connectivity index (χ0) is 23.3. The average molecular weight is 451 g/mol. The van der Waals surface area contributed by atoms with Crippen LogP contribution in [0.2, 0.25) is 0 Å². The number of rotatable bonds is 6. The molecule has 2 unspecified atom stereocenters. The Kier molecular flexibility index (Phi) is 6.39. The average Bonchev–Trinajstić information content (AvgIpc) is 2.85. The smallest absolute Gasteiger partial charge is 0.129 e. The molecule has 2 atom stereocenters. The predicted molar refractivity (Wildman–Crippen MR) is 139 cm³/mol. The maximum Gasteiger partial charge on any atom is 0.129 e. The lowest BCUT2D eigenvalue weighted by Gasteiger charge is -2.30. The molecule has 0 bridgehead atoms. The molecule has 34 heavy (non-hydrogen) atoms. The second-order valence-electron chi connectivity index (χ2n) is 9.05. The fourth-order valence-electron chi connectivity index (χ4n) is 4.84. The molecule has 5 rings (SSSR count).